The molecule has 0 amide bonds. The van der Waals surface area contributed by atoms with Crippen molar-refractivity contribution in [1.29, 1.82) is 0 Å². The summed E-state index contributed by atoms with van der Waals surface area (Å²) >= 11 is 6.78. The van der Waals surface area contributed by atoms with Crippen LogP contribution in [0.5, 0.6) is 0 Å². The third kappa shape index (κ3) is 2.07. The number of aromatic nitrogens is 2. The van der Waals surface area contributed by atoms with Crippen LogP contribution >= 0.6 is 31.9 Å². The van der Waals surface area contributed by atoms with Crippen molar-refractivity contribution in [3.63, 3.8) is 0 Å². The van der Waals surface area contributed by atoms with Crippen molar-refractivity contribution >= 4 is 31.9 Å². The predicted molar refractivity (Wildman–Crippen MR) is 63.9 cm³/mol. The van der Waals surface area contributed by atoms with Crippen LogP contribution in [0.1, 0.15) is 5.69 Å². The molecule has 4 heteroatoms. The van der Waals surface area contributed by atoms with Crippen molar-refractivity contribution in [1.82, 2.24) is 9.55 Å². The molecule has 0 aliphatic heterocycles. The molecule has 1 aromatic heterocycles. The first-order valence-electron chi connectivity index (χ1n) is 4.14. The fraction of sp³-hybridized carbons (Fsp3) is 0.100. The molecular formula is C10H8Br2N2. The van der Waals surface area contributed by atoms with Crippen LogP contribution in [0.3, 0.4) is 0 Å². The highest BCUT2D eigenvalue weighted by Crippen LogP contribution is 2.14. The van der Waals surface area contributed by atoms with Gasteiger partial charge in [0, 0.05) is 21.7 Å². The lowest BCUT2D eigenvalue weighted by Gasteiger charge is -2.00. The molecule has 0 fully saturated rings. The normalized spacial score (nSPS) is 10.4. The zero-order chi connectivity index (χ0) is 9.97. The lowest BCUT2D eigenvalue weighted by molar-refractivity contribution is 1.06. The summed E-state index contributed by atoms with van der Waals surface area (Å²) in [6.45, 7) is 0. The maximum absolute atomic E-state index is 4.24. The predicted octanol–water partition coefficient (Wildman–Crippen LogP) is 3.53. The zero-order valence-corrected chi connectivity index (χ0v) is 10.5. The summed E-state index contributed by atoms with van der Waals surface area (Å²) in [5.41, 5.74) is 2.15. The third-order valence-electron chi connectivity index (χ3n) is 1.90. The minimum absolute atomic E-state index is 0.788. The standard InChI is InChI=1S/C10H8Br2N2/c11-5-9-6-14(7-13-9)10-3-1-8(12)2-4-10/h1-4,6-7H,5H2. The van der Waals surface area contributed by atoms with Crippen molar-refractivity contribution in [2.75, 3.05) is 0 Å². The lowest BCUT2D eigenvalue weighted by Crippen LogP contribution is -1.88. The molecule has 2 aromatic rings. The molecule has 0 aliphatic rings. The summed E-state index contributed by atoms with van der Waals surface area (Å²) in [5, 5.41) is 0.788. The van der Waals surface area contributed by atoms with E-state index in [0.717, 1.165) is 21.2 Å². The van der Waals surface area contributed by atoms with Gasteiger partial charge in [-0.15, -0.1) is 0 Å². The Hall–Kier alpha value is -0.610. The van der Waals surface area contributed by atoms with E-state index in [4.69, 9.17) is 0 Å². The Kier molecular flexibility index (Phi) is 3.03. The zero-order valence-electron chi connectivity index (χ0n) is 7.32. The average Bonchev–Trinajstić information content (AvgIpc) is 2.67. The lowest BCUT2D eigenvalue weighted by atomic mass is 10.3. The molecule has 0 unspecified atom stereocenters. The Morgan fingerprint density at radius 1 is 1.21 bits per heavy atom. The first-order chi connectivity index (χ1) is 6.79. The van der Waals surface area contributed by atoms with Gasteiger partial charge in [-0.1, -0.05) is 31.9 Å². The summed E-state index contributed by atoms with van der Waals surface area (Å²) in [6, 6.07) is 8.12. The summed E-state index contributed by atoms with van der Waals surface area (Å²) < 4.78 is 3.09. The van der Waals surface area contributed by atoms with Gasteiger partial charge in [0.2, 0.25) is 0 Å². The van der Waals surface area contributed by atoms with E-state index in [2.05, 4.69) is 36.8 Å². The maximum atomic E-state index is 4.24. The minimum atomic E-state index is 0.788. The molecule has 72 valence electrons. The molecule has 14 heavy (non-hydrogen) atoms. The SMILES string of the molecule is BrCc1cn(-c2ccc(Br)cc2)cn1. The fourth-order valence-electron chi connectivity index (χ4n) is 1.19. The van der Waals surface area contributed by atoms with Crippen LogP contribution in [0.25, 0.3) is 5.69 Å². The highest BCUT2D eigenvalue weighted by Gasteiger charge is 1.98. The van der Waals surface area contributed by atoms with Crippen molar-refractivity contribution in [3.05, 3.63) is 47.0 Å². The first kappa shape index (κ1) is 9.93. The summed E-state index contributed by atoms with van der Waals surface area (Å²) in [4.78, 5) is 4.24. The van der Waals surface area contributed by atoms with Gasteiger partial charge in [-0.2, -0.15) is 0 Å². The van der Waals surface area contributed by atoms with E-state index < -0.39 is 0 Å². The molecule has 0 aliphatic carbocycles. The van der Waals surface area contributed by atoms with Gasteiger partial charge in [0.1, 0.15) is 0 Å². The topological polar surface area (TPSA) is 17.8 Å². The molecule has 0 radical (unpaired) electrons. The maximum Gasteiger partial charge on any atom is 0.0995 e. The Morgan fingerprint density at radius 2 is 1.93 bits per heavy atom. The number of hydrogen-bond donors (Lipinski definition) is 0. The van der Waals surface area contributed by atoms with Crippen LogP contribution < -0.4 is 0 Å². The average molecular weight is 316 g/mol. The van der Waals surface area contributed by atoms with E-state index >= 15 is 0 Å². The molecule has 2 rings (SSSR count). The van der Waals surface area contributed by atoms with Crippen LogP contribution in [-0.4, -0.2) is 9.55 Å². The van der Waals surface area contributed by atoms with Crippen molar-refractivity contribution in [3.8, 4) is 5.69 Å². The highest BCUT2D eigenvalue weighted by molar-refractivity contribution is 9.10. The van der Waals surface area contributed by atoms with E-state index in [1.165, 1.54) is 0 Å². The van der Waals surface area contributed by atoms with Crippen molar-refractivity contribution in [2.24, 2.45) is 0 Å². The first-order valence-corrected chi connectivity index (χ1v) is 6.06. The van der Waals surface area contributed by atoms with E-state index in [1.54, 1.807) is 0 Å². The summed E-state index contributed by atoms with van der Waals surface area (Å²) in [6.07, 6.45) is 3.83. The molecule has 2 nitrogen and oxygen atoms in total. The van der Waals surface area contributed by atoms with E-state index in [-0.39, 0.29) is 0 Å². The summed E-state index contributed by atoms with van der Waals surface area (Å²) in [5.74, 6) is 0. The Bertz CT molecular complexity index is 420. The molecule has 0 spiro atoms. The second-order valence-electron chi connectivity index (χ2n) is 2.88. The number of nitrogens with zero attached hydrogens (tertiary/aromatic N) is 2. The van der Waals surface area contributed by atoms with Gasteiger partial charge < -0.3 is 4.57 Å². The second kappa shape index (κ2) is 4.28. The molecule has 1 aromatic carbocycles. The molecule has 0 saturated heterocycles. The molecule has 1 heterocycles. The molecule has 0 N–H and O–H groups in total. The second-order valence-corrected chi connectivity index (χ2v) is 4.36. The Balaban J connectivity index is 2.34. The Labute approximate surface area is 99.2 Å². The number of halogens is 2. The number of benzene rings is 1. The van der Waals surface area contributed by atoms with E-state index in [9.17, 15) is 0 Å². The van der Waals surface area contributed by atoms with Crippen LogP contribution in [0.15, 0.2) is 41.3 Å². The van der Waals surface area contributed by atoms with Crippen LogP contribution in [0, 0.1) is 0 Å². The van der Waals surface area contributed by atoms with Crippen LogP contribution in [-0.2, 0) is 5.33 Å². The van der Waals surface area contributed by atoms with Crippen LogP contribution in [0.4, 0.5) is 0 Å². The van der Waals surface area contributed by atoms with Crippen molar-refractivity contribution < 1.29 is 0 Å². The van der Waals surface area contributed by atoms with Gasteiger partial charge in [0.25, 0.3) is 0 Å². The minimum Gasteiger partial charge on any atom is -0.306 e. The number of alkyl halides is 1. The van der Waals surface area contributed by atoms with Gasteiger partial charge in [0.15, 0.2) is 0 Å². The fourth-order valence-corrected chi connectivity index (χ4v) is 1.74. The van der Waals surface area contributed by atoms with Crippen molar-refractivity contribution in [2.45, 2.75) is 5.33 Å². The quantitative estimate of drug-likeness (QED) is 0.775. The smallest absolute Gasteiger partial charge is 0.0995 e. The Morgan fingerprint density at radius 3 is 2.50 bits per heavy atom. The largest absolute Gasteiger partial charge is 0.306 e. The van der Waals surface area contributed by atoms with Gasteiger partial charge in [-0.25, -0.2) is 4.98 Å². The number of rotatable bonds is 2. The van der Waals surface area contributed by atoms with E-state index in [0.29, 0.717) is 0 Å². The van der Waals surface area contributed by atoms with Gasteiger partial charge >= 0.3 is 0 Å². The van der Waals surface area contributed by atoms with Gasteiger partial charge in [-0.3, -0.25) is 0 Å². The summed E-state index contributed by atoms with van der Waals surface area (Å²) in [7, 11) is 0. The number of imidazole rings is 1. The number of hydrogen-bond acceptors (Lipinski definition) is 1. The highest BCUT2D eigenvalue weighted by atomic mass is 79.9. The third-order valence-corrected chi connectivity index (χ3v) is 3.00. The molecular weight excluding hydrogens is 308 g/mol. The molecule has 0 saturated carbocycles. The molecule has 0 atom stereocenters. The van der Waals surface area contributed by atoms with Gasteiger partial charge in [0.05, 0.1) is 12.0 Å². The van der Waals surface area contributed by atoms with Gasteiger partial charge in [-0.05, 0) is 24.3 Å². The van der Waals surface area contributed by atoms with Crippen LogP contribution in [0.2, 0.25) is 0 Å². The monoisotopic (exact) mass is 314 g/mol. The van der Waals surface area contributed by atoms with E-state index in [1.807, 2.05) is 41.4 Å². The molecule has 0 bridgehead atoms.